The first-order valence-electron chi connectivity index (χ1n) is 8.18. The number of benzene rings is 2. The van der Waals surface area contributed by atoms with Crippen LogP contribution in [0.25, 0.3) is 22.3 Å². The zero-order chi connectivity index (χ0) is 20.5. The molecule has 0 atom stereocenters. The monoisotopic (exact) mass is 554 g/mol. The predicted molar refractivity (Wildman–Crippen MR) is 121 cm³/mol. The minimum atomic E-state index is -0.481. The van der Waals surface area contributed by atoms with Gasteiger partial charge in [0, 0.05) is 15.4 Å². The number of nitrogens with zero attached hydrogens (tertiary/aromatic N) is 1. The summed E-state index contributed by atoms with van der Waals surface area (Å²) in [5, 5.41) is 5.55. The summed E-state index contributed by atoms with van der Waals surface area (Å²) in [6.07, 6.45) is 1.38. The third-order valence-electron chi connectivity index (χ3n) is 3.96. The van der Waals surface area contributed by atoms with Crippen molar-refractivity contribution in [1.82, 2.24) is 5.43 Å². The van der Waals surface area contributed by atoms with Gasteiger partial charge >= 0.3 is 5.91 Å². The lowest BCUT2D eigenvalue weighted by Gasteiger charge is -2.01. The Morgan fingerprint density at radius 1 is 1.07 bits per heavy atom. The van der Waals surface area contributed by atoms with Gasteiger partial charge in [-0.25, -0.2) is 5.43 Å². The molecule has 4 aromatic rings. The van der Waals surface area contributed by atoms with E-state index >= 15 is 0 Å². The van der Waals surface area contributed by atoms with Crippen LogP contribution in [-0.2, 0) is 0 Å². The Hall–Kier alpha value is -2.06. The maximum Gasteiger partial charge on any atom is 0.307 e. The summed E-state index contributed by atoms with van der Waals surface area (Å²) in [6, 6.07) is 14.1. The standard InChI is InChI=1S/C20H10Br2Cl2N2O3/c21-11-6-10-7-17(29-19(10)14(22)8-11)20(27)26-25-9-12-4-5-16(28-12)13-2-1-3-15(23)18(13)24/h1-9H,(H,26,27)/b25-9+. The van der Waals surface area contributed by atoms with Crippen molar-refractivity contribution >= 4 is 78.2 Å². The molecule has 0 saturated carbocycles. The molecule has 5 nitrogen and oxygen atoms in total. The molecule has 0 fully saturated rings. The summed E-state index contributed by atoms with van der Waals surface area (Å²) in [7, 11) is 0. The number of hydrazone groups is 1. The minimum absolute atomic E-state index is 0.141. The average molecular weight is 557 g/mol. The number of furan rings is 2. The molecule has 0 aliphatic carbocycles. The second-order valence-electron chi connectivity index (χ2n) is 5.92. The van der Waals surface area contributed by atoms with E-state index in [1.54, 1.807) is 36.4 Å². The van der Waals surface area contributed by atoms with Crippen LogP contribution in [0.15, 0.2) is 71.4 Å². The molecule has 2 aromatic heterocycles. The zero-order valence-electron chi connectivity index (χ0n) is 14.4. The van der Waals surface area contributed by atoms with E-state index in [1.807, 2.05) is 12.1 Å². The van der Waals surface area contributed by atoms with Gasteiger partial charge in [-0.1, -0.05) is 45.2 Å². The second kappa shape index (κ2) is 8.36. The summed E-state index contributed by atoms with van der Waals surface area (Å²) in [5.74, 6) is 0.637. The molecule has 0 unspecified atom stereocenters. The normalized spacial score (nSPS) is 11.4. The molecule has 0 aliphatic heterocycles. The van der Waals surface area contributed by atoms with Crippen molar-refractivity contribution in [3.05, 3.63) is 79.0 Å². The van der Waals surface area contributed by atoms with Gasteiger partial charge in [0.15, 0.2) is 5.76 Å². The van der Waals surface area contributed by atoms with Crippen molar-refractivity contribution in [1.29, 1.82) is 0 Å². The highest BCUT2D eigenvalue weighted by Gasteiger charge is 2.14. The van der Waals surface area contributed by atoms with E-state index in [-0.39, 0.29) is 5.76 Å². The topological polar surface area (TPSA) is 67.7 Å². The first-order valence-corrected chi connectivity index (χ1v) is 10.5. The highest BCUT2D eigenvalue weighted by atomic mass is 79.9. The van der Waals surface area contributed by atoms with Crippen LogP contribution in [0, 0.1) is 0 Å². The molecule has 1 amide bonds. The Kier molecular flexibility index (Phi) is 5.83. The van der Waals surface area contributed by atoms with Crippen molar-refractivity contribution < 1.29 is 13.6 Å². The summed E-state index contributed by atoms with van der Waals surface area (Å²) < 4.78 is 12.9. The first-order chi connectivity index (χ1) is 13.9. The number of halogens is 4. The number of nitrogens with one attached hydrogen (secondary N) is 1. The molecule has 9 heteroatoms. The second-order valence-corrected chi connectivity index (χ2v) is 8.47. The van der Waals surface area contributed by atoms with Crippen LogP contribution < -0.4 is 5.43 Å². The smallest absolute Gasteiger partial charge is 0.307 e. The van der Waals surface area contributed by atoms with Crippen LogP contribution in [0.4, 0.5) is 0 Å². The third kappa shape index (κ3) is 4.28. The number of hydrogen-bond donors (Lipinski definition) is 1. The molecule has 2 aromatic carbocycles. The van der Waals surface area contributed by atoms with E-state index < -0.39 is 5.91 Å². The fourth-order valence-electron chi connectivity index (χ4n) is 2.66. The molecule has 0 bridgehead atoms. The van der Waals surface area contributed by atoms with Crippen molar-refractivity contribution in [2.45, 2.75) is 0 Å². The molecular formula is C20H10Br2Cl2N2O3. The highest BCUT2D eigenvalue weighted by Crippen LogP contribution is 2.34. The lowest BCUT2D eigenvalue weighted by atomic mass is 10.2. The van der Waals surface area contributed by atoms with E-state index in [4.69, 9.17) is 32.0 Å². The van der Waals surface area contributed by atoms with E-state index in [9.17, 15) is 4.79 Å². The van der Waals surface area contributed by atoms with Gasteiger partial charge in [0.05, 0.1) is 20.7 Å². The summed E-state index contributed by atoms with van der Waals surface area (Å²) in [5.41, 5.74) is 3.66. The average Bonchev–Trinajstić information content (AvgIpc) is 3.31. The van der Waals surface area contributed by atoms with Gasteiger partial charge in [0.1, 0.15) is 17.1 Å². The molecule has 0 saturated heterocycles. The Morgan fingerprint density at radius 3 is 2.72 bits per heavy atom. The number of rotatable bonds is 4. The Balaban J connectivity index is 1.48. The van der Waals surface area contributed by atoms with E-state index in [1.165, 1.54) is 6.21 Å². The van der Waals surface area contributed by atoms with Gasteiger partial charge in [-0.05, 0) is 58.4 Å². The van der Waals surface area contributed by atoms with Crippen LogP contribution in [0.2, 0.25) is 10.0 Å². The van der Waals surface area contributed by atoms with Crippen molar-refractivity contribution in [2.24, 2.45) is 5.10 Å². The van der Waals surface area contributed by atoms with E-state index in [0.29, 0.717) is 32.7 Å². The van der Waals surface area contributed by atoms with Gasteiger partial charge < -0.3 is 8.83 Å². The molecule has 4 rings (SSSR count). The molecular weight excluding hydrogens is 547 g/mol. The maximum atomic E-state index is 12.3. The van der Waals surface area contributed by atoms with E-state index in [2.05, 4.69) is 42.4 Å². The van der Waals surface area contributed by atoms with Gasteiger partial charge in [-0.2, -0.15) is 5.10 Å². The highest BCUT2D eigenvalue weighted by molar-refractivity contribution is 9.11. The maximum absolute atomic E-state index is 12.3. The minimum Gasteiger partial charge on any atom is -0.455 e. The van der Waals surface area contributed by atoms with Gasteiger partial charge in [0.2, 0.25) is 0 Å². The SMILES string of the molecule is O=C(N/N=C/c1ccc(-c2cccc(Cl)c2Cl)o1)c1cc2cc(Br)cc(Br)c2o1. The van der Waals surface area contributed by atoms with Crippen molar-refractivity contribution in [3.8, 4) is 11.3 Å². The van der Waals surface area contributed by atoms with Crippen LogP contribution >= 0.6 is 55.1 Å². The molecule has 2 heterocycles. The molecule has 0 radical (unpaired) electrons. The predicted octanol–water partition coefficient (Wildman–Crippen LogP) is 7.29. The van der Waals surface area contributed by atoms with Gasteiger partial charge in [0.25, 0.3) is 0 Å². The lowest BCUT2D eigenvalue weighted by molar-refractivity contribution is 0.0929. The largest absolute Gasteiger partial charge is 0.455 e. The number of hydrogen-bond acceptors (Lipinski definition) is 4. The molecule has 29 heavy (non-hydrogen) atoms. The zero-order valence-corrected chi connectivity index (χ0v) is 19.1. The van der Waals surface area contributed by atoms with Crippen molar-refractivity contribution in [3.63, 3.8) is 0 Å². The molecule has 0 spiro atoms. The van der Waals surface area contributed by atoms with Crippen LogP contribution in [0.5, 0.6) is 0 Å². The lowest BCUT2D eigenvalue weighted by Crippen LogP contribution is -2.16. The van der Waals surface area contributed by atoms with Crippen LogP contribution in [-0.4, -0.2) is 12.1 Å². The van der Waals surface area contributed by atoms with Crippen LogP contribution in [0.3, 0.4) is 0 Å². The summed E-state index contributed by atoms with van der Waals surface area (Å²) in [4.78, 5) is 12.3. The van der Waals surface area contributed by atoms with E-state index in [0.717, 1.165) is 14.3 Å². The third-order valence-corrected chi connectivity index (χ3v) is 5.83. The number of amides is 1. The summed E-state index contributed by atoms with van der Waals surface area (Å²) >= 11 is 19.1. The summed E-state index contributed by atoms with van der Waals surface area (Å²) in [6.45, 7) is 0. The Morgan fingerprint density at radius 2 is 1.90 bits per heavy atom. The number of fused-ring (bicyclic) bond motifs is 1. The molecule has 1 N–H and O–H groups in total. The van der Waals surface area contributed by atoms with Crippen molar-refractivity contribution in [2.75, 3.05) is 0 Å². The molecule has 0 aliphatic rings. The van der Waals surface area contributed by atoms with Crippen LogP contribution in [0.1, 0.15) is 16.3 Å². The number of carbonyl (C=O) groups excluding carboxylic acids is 1. The quantitative estimate of drug-likeness (QED) is 0.212. The fourth-order valence-corrected chi connectivity index (χ4v) is 4.39. The molecule has 146 valence electrons. The first kappa shape index (κ1) is 20.2. The van der Waals surface area contributed by atoms with Gasteiger partial charge in [-0.3, -0.25) is 4.79 Å². The number of carbonyl (C=O) groups is 1. The fraction of sp³-hybridized carbons (Fsp3) is 0. The Bertz CT molecular complexity index is 1260. The Labute approximate surface area is 191 Å². The van der Waals surface area contributed by atoms with Gasteiger partial charge in [-0.15, -0.1) is 0 Å².